The normalized spacial score (nSPS) is 10.6. The van der Waals surface area contributed by atoms with Crippen molar-refractivity contribution in [3.05, 3.63) is 22.4 Å². The Kier molecular flexibility index (Phi) is 9.42. The molecule has 0 aliphatic rings. The first kappa shape index (κ1) is 16.2. The molecular formula is C16H27NOS. The van der Waals surface area contributed by atoms with Gasteiger partial charge in [-0.3, -0.25) is 4.79 Å². The van der Waals surface area contributed by atoms with Gasteiger partial charge in [0.05, 0.1) is 4.88 Å². The van der Waals surface area contributed by atoms with Gasteiger partial charge in [0.2, 0.25) is 0 Å². The van der Waals surface area contributed by atoms with Crippen LogP contribution in [-0.4, -0.2) is 12.5 Å². The van der Waals surface area contributed by atoms with Crippen LogP contribution in [0.5, 0.6) is 0 Å². The van der Waals surface area contributed by atoms with E-state index in [0.717, 1.165) is 17.8 Å². The van der Waals surface area contributed by atoms with Gasteiger partial charge in [0.25, 0.3) is 5.91 Å². The van der Waals surface area contributed by atoms with Gasteiger partial charge >= 0.3 is 0 Å². The minimum atomic E-state index is 0.0783. The van der Waals surface area contributed by atoms with Crippen molar-refractivity contribution in [1.29, 1.82) is 0 Å². The summed E-state index contributed by atoms with van der Waals surface area (Å²) in [6.45, 7) is 3.07. The topological polar surface area (TPSA) is 29.1 Å². The van der Waals surface area contributed by atoms with E-state index >= 15 is 0 Å². The third kappa shape index (κ3) is 8.04. The van der Waals surface area contributed by atoms with E-state index in [-0.39, 0.29) is 5.91 Å². The van der Waals surface area contributed by atoms with Crippen LogP contribution in [-0.2, 0) is 0 Å². The second-order valence-corrected chi connectivity index (χ2v) is 6.01. The molecule has 1 heterocycles. The van der Waals surface area contributed by atoms with Gasteiger partial charge in [-0.05, 0) is 17.9 Å². The standard InChI is InChI=1S/C16H27NOS/c1-2-3-4-5-6-7-8-9-10-13-17-16(18)15-12-11-14-19-15/h11-12,14H,2-10,13H2,1H3,(H,17,18). The smallest absolute Gasteiger partial charge is 0.261 e. The zero-order chi connectivity index (χ0) is 13.8. The molecule has 0 atom stereocenters. The van der Waals surface area contributed by atoms with Gasteiger partial charge in [0.1, 0.15) is 0 Å². The van der Waals surface area contributed by atoms with Crippen molar-refractivity contribution in [3.63, 3.8) is 0 Å². The van der Waals surface area contributed by atoms with Crippen molar-refractivity contribution < 1.29 is 4.79 Å². The van der Waals surface area contributed by atoms with Gasteiger partial charge in [-0.1, -0.05) is 64.4 Å². The average molecular weight is 281 g/mol. The number of hydrogen-bond donors (Lipinski definition) is 1. The minimum Gasteiger partial charge on any atom is -0.351 e. The lowest BCUT2D eigenvalue weighted by Gasteiger charge is -2.04. The highest BCUT2D eigenvalue weighted by Gasteiger charge is 2.04. The number of hydrogen-bond acceptors (Lipinski definition) is 2. The summed E-state index contributed by atoms with van der Waals surface area (Å²) in [5.41, 5.74) is 0. The fourth-order valence-corrected chi connectivity index (χ4v) is 2.77. The lowest BCUT2D eigenvalue weighted by Crippen LogP contribution is -2.23. The molecule has 0 bridgehead atoms. The second-order valence-electron chi connectivity index (χ2n) is 5.06. The van der Waals surface area contributed by atoms with Crippen molar-refractivity contribution in [1.82, 2.24) is 5.32 Å². The third-order valence-electron chi connectivity index (χ3n) is 3.31. The largest absolute Gasteiger partial charge is 0.351 e. The lowest BCUT2D eigenvalue weighted by atomic mass is 10.1. The van der Waals surface area contributed by atoms with Gasteiger partial charge in [-0.2, -0.15) is 0 Å². The molecule has 0 aromatic carbocycles. The van der Waals surface area contributed by atoms with Crippen molar-refractivity contribution >= 4 is 17.2 Å². The Balaban J connectivity index is 1.85. The predicted molar refractivity (Wildman–Crippen MR) is 83.9 cm³/mol. The summed E-state index contributed by atoms with van der Waals surface area (Å²) in [5.74, 6) is 0.0783. The van der Waals surface area contributed by atoms with Crippen LogP contribution in [0.3, 0.4) is 0 Å². The van der Waals surface area contributed by atoms with Crippen molar-refractivity contribution in [2.24, 2.45) is 0 Å². The highest BCUT2D eigenvalue weighted by Crippen LogP contribution is 2.10. The molecule has 1 aromatic heterocycles. The summed E-state index contributed by atoms with van der Waals surface area (Å²) >= 11 is 1.50. The molecule has 0 aliphatic heterocycles. The van der Waals surface area contributed by atoms with E-state index in [2.05, 4.69) is 12.2 Å². The van der Waals surface area contributed by atoms with E-state index in [1.165, 1.54) is 62.7 Å². The first-order valence-corrected chi connectivity index (χ1v) is 8.54. The SMILES string of the molecule is CCCCCCCCCCCNC(=O)c1cccs1. The van der Waals surface area contributed by atoms with Crippen LogP contribution in [0.1, 0.15) is 74.4 Å². The number of thiophene rings is 1. The third-order valence-corrected chi connectivity index (χ3v) is 4.18. The van der Waals surface area contributed by atoms with E-state index in [4.69, 9.17) is 0 Å². The molecule has 0 fully saturated rings. The molecule has 108 valence electrons. The summed E-state index contributed by atoms with van der Waals surface area (Å²) in [6, 6.07) is 3.79. The molecule has 19 heavy (non-hydrogen) atoms. The molecular weight excluding hydrogens is 254 g/mol. The quantitative estimate of drug-likeness (QED) is 0.568. The Morgan fingerprint density at radius 3 is 2.26 bits per heavy atom. The van der Waals surface area contributed by atoms with Gasteiger partial charge in [0, 0.05) is 6.54 Å². The van der Waals surface area contributed by atoms with Gasteiger partial charge in [0.15, 0.2) is 0 Å². The van der Waals surface area contributed by atoms with E-state index in [1.54, 1.807) is 0 Å². The zero-order valence-electron chi connectivity index (χ0n) is 12.1. The number of amides is 1. The maximum Gasteiger partial charge on any atom is 0.261 e. The average Bonchev–Trinajstić information content (AvgIpc) is 2.95. The van der Waals surface area contributed by atoms with Gasteiger partial charge < -0.3 is 5.32 Å². The summed E-state index contributed by atoms with van der Waals surface area (Å²) in [4.78, 5) is 12.5. The number of carbonyl (C=O) groups is 1. The summed E-state index contributed by atoms with van der Waals surface area (Å²) in [7, 11) is 0. The predicted octanol–water partition coefficient (Wildman–Crippen LogP) is 5.01. The summed E-state index contributed by atoms with van der Waals surface area (Å²) in [6.07, 6.45) is 11.9. The minimum absolute atomic E-state index is 0.0783. The summed E-state index contributed by atoms with van der Waals surface area (Å²) < 4.78 is 0. The molecule has 1 amide bonds. The highest BCUT2D eigenvalue weighted by atomic mass is 32.1. The van der Waals surface area contributed by atoms with E-state index < -0.39 is 0 Å². The van der Waals surface area contributed by atoms with Crippen molar-refractivity contribution in [2.45, 2.75) is 64.7 Å². The molecule has 0 unspecified atom stereocenters. The van der Waals surface area contributed by atoms with Gasteiger partial charge in [-0.15, -0.1) is 11.3 Å². The molecule has 1 N–H and O–H groups in total. The van der Waals surface area contributed by atoms with Crippen molar-refractivity contribution in [2.75, 3.05) is 6.54 Å². The fourth-order valence-electron chi connectivity index (χ4n) is 2.13. The van der Waals surface area contributed by atoms with E-state index in [0.29, 0.717) is 0 Å². The first-order valence-electron chi connectivity index (χ1n) is 7.66. The highest BCUT2D eigenvalue weighted by molar-refractivity contribution is 7.12. The van der Waals surface area contributed by atoms with Crippen LogP contribution >= 0.6 is 11.3 Å². The van der Waals surface area contributed by atoms with Crippen LogP contribution in [0.25, 0.3) is 0 Å². The number of rotatable bonds is 11. The zero-order valence-corrected chi connectivity index (χ0v) is 12.9. The van der Waals surface area contributed by atoms with Gasteiger partial charge in [-0.25, -0.2) is 0 Å². The molecule has 1 aromatic rings. The molecule has 0 saturated heterocycles. The summed E-state index contributed by atoms with van der Waals surface area (Å²) in [5, 5.41) is 4.91. The maximum absolute atomic E-state index is 11.6. The first-order chi connectivity index (χ1) is 9.34. The fraction of sp³-hybridized carbons (Fsp3) is 0.688. The van der Waals surface area contributed by atoms with Crippen LogP contribution in [0, 0.1) is 0 Å². The Morgan fingerprint density at radius 2 is 1.68 bits per heavy atom. The van der Waals surface area contributed by atoms with Crippen LogP contribution in [0.15, 0.2) is 17.5 Å². The Hall–Kier alpha value is -0.830. The molecule has 0 spiro atoms. The van der Waals surface area contributed by atoms with Crippen molar-refractivity contribution in [3.8, 4) is 0 Å². The Bertz CT molecular complexity index is 321. The monoisotopic (exact) mass is 281 g/mol. The molecule has 3 heteroatoms. The second kappa shape index (κ2) is 11.0. The van der Waals surface area contributed by atoms with Crippen LogP contribution in [0.4, 0.5) is 0 Å². The molecule has 1 rings (SSSR count). The molecule has 0 aliphatic carbocycles. The van der Waals surface area contributed by atoms with Crippen LogP contribution in [0.2, 0.25) is 0 Å². The Morgan fingerprint density at radius 1 is 1.05 bits per heavy atom. The molecule has 0 radical (unpaired) electrons. The number of carbonyl (C=O) groups excluding carboxylic acids is 1. The molecule has 0 saturated carbocycles. The van der Waals surface area contributed by atoms with Crippen LogP contribution < -0.4 is 5.32 Å². The Labute approximate surface area is 121 Å². The van der Waals surface area contributed by atoms with E-state index in [1.807, 2.05) is 17.5 Å². The lowest BCUT2D eigenvalue weighted by molar-refractivity contribution is 0.0957. The number of unbranched alkanes of at least 4 members (excludes halogenated alkanes) is 8. The number of nitrogens with one attached hydrogen (secondary N) is 1. The maximum atomic E-state index is 11.6. The molecule has 2 nitrogen and oxygen atoms in total. The van der Waals surface area contributed by atoms with E-state index in [9.17, 15) is 4.79 Å².